The van der Waals surface area contributed by atoms with Gasteiger partial charge in [-0.25, -0.2) is 0 Å². The lowest BCUT2D eigenvalue weighted by molar-refractivity contribution is -0.141. The Morgan fingerprint density at radius 3 is 2.05 bits per heavy atom. The van der Waals surface area contributed by atoms with Crippen LogP contribution in [-0.4, -0.2) is 43.0 Å². The van der Waals surface area contributed by atoms with Crippen molar-refractivity contribution < 1.29 is 19.1 Å². The van der Waals surface area contributed by atoms with E-state index in [0.717, 1.165) is 23.1 Å². The molecular weight excluding hydrogens is 464 g/mol. The lowest BCUT2D eigenvalue weighted by Crippen LogP contribution is -2.52. The third-order valence-electron chi connectivity index (χ3n) is 6.54. The summed E-state index contributed by atoms with van der Waals surface area (Å²) in [5.74, 6) is 1.07. The predicted molar refractivity (Wildman–Crippen MR) is 147 cm³/mol. The summed E-state index contributed by atoms with van der Waals surface area (Å²) in [6.07, 6.45) is 2.05. The number of nitrogens with zero attached hydrogens (tertiary/aromatic N) is 1. The third-order valence-corrected chi connectivity index (χ3v) is 6.54. The highest BCUT2D eigenvalue weighted by atomic mass is 16.5. The van der Waals surface area contributed by atoms with Crippen molar-refractivity contribution in [1.29, 1.82) is 0 Å². The number of carbonyl (C=O) groups is 2. The van der Waals surface area contributed by atoms with Crippen LogP contribution in [0.1, 0.15) is 43.4 Å². The van der Waals surface area contributed by atoms with Crippen LogP contribution in [0.2, 0.25) is 0 Å². The summed E-state index contributed by atoms with van der Waals surface area (Å²) in [5, 5.41) is 3.11. The average Bonchev–Trinajstić information content (AvgIpc) is 2.94. The molecule has 0 heterocycles. The van der Waals surface area contributed by atoms with Gasteiger partial charge in [-0.3, -0.25) is 9.59 Å². The number of nitrogens with one attached hydrogen (secondary N) is 1. The molecule has 196 valence electrons. The maximum absolute atomic E-state index is 13.8. The highest BCUT2D eigenvalue weighted by Gasteiger charge is 2.30. The first-order valence-corrected chi connectivity index (χ1v) is 12.8. The molecule has 2 amide bonds. The zero-order valence-electron chi connectivity index (χ0n) is 22.3. The van der Waals surface area contributed by atoms with Crippen molar-refractivity contribution in [3.63, 3.8) is 0 Å². The number of benzene rings is 3. The third kappa shape index (κ3) is 8.10. The maximum Gasteiger partial charge on any atom is 0.243 e. The first-order valence-electron chi connectivity index (χ1n) is 12.8. The Morgan fingerprint density at radius 1 is 0.838 bits per heavy atom. The summed E-state index contributed by atoms with van der Waals surface area (Å²) in [6.45, 7) is 4.38. The number of ether oxygens (including phenoxy) is 2. The molecule has 1 N–H and O–H groups in total. The van der Waals surface area contributed by atoms with Gasteiger partial charge in [-0.15, -0.1) is 0 Å². The predicted octanol–water partition coefficient (Wildman–Crippen LogP) is 5.19. The Balaban J connectivity index is 1.89. The Labute approximate surface area is 220 Å². The molecule has 2 unspecified atom stereocenters. The van der Waals surface area contributed by atoms with Crippen molar-refractivity contribution in [2.45, 2.75) is 58.2 Å². The highest BCUT2D eigenvalue weighted by molar-refractivity contribution is 5.88. The van der Waals surface area contributed by atoms with Crippen molar-refractivity contribution >= 4 is 11.8 Å². The fourth-order valence-electron chi connectivity index (χ4n) is 4.21. The van der Waals surface area contributed by atoms with E-state index in [-0.39, 0.29) is 24.3 Å². The lowest BCUT2D eigenvalue weighted by Gasteiger charge is -2.32. The Kier molecular flexibility index (Phi) is 10.6. The molecule has 2 atom stereocenters. The van der Waals surface area contributed by atoms with E-state index < -0.39 is 6.04 Å². The zero-order valence-corrected chi connectivity index (χ0v) is 22.3. The largest absolute Gasteiger partial charge is 0.493 e. The van der Waals surface area contributed by atoms with Crippen LogP contribution >= 0.6 is 0 Å². The molecule has 0 aliphatic heterocycles. The second-order valence-corrected chi connectivity index (χ2v) is 9.22. The van der Waals surface area contributed by atoms with Crippen molar-refractivity contribution in [3.8, 4) is 11.5 Å². The number of rotatable bonds is 13. The lowest BCUT2D eigenvalue weighted by atomic mass is 10.0. The summed E-state index contributed by atoms with van der Waals surface area (Å²) in [5.41, 5.74) is 2.96. The fourth-order valence-corrected chi connectivity index (χ4v) is 4.21. The smallest absolute Gasteiger partial charge is 0.243 e. The molecule has 3 aromatic rings. The minimum atomic E-state index is -0.630. The first-order chi connectivity index (χ1) is 17.9. The summed E-state index contributed by atoms with van der Waals surface area (Å²) in [4.78, 5) is 29.1. The molecular formula is C31H38N2O4. The van der Waals surface area contributed by atoms with Crippen molar-refractivity contribution in [2.24, 2.45) is 0 Å². The van der Waals surface area contributed by atoms with E-state index in [9.17, 15) is 9.59 Å². The quantitative estimate of drug-likeness (QED) is 0.349. The molecule has 3 rings (SSSR count). The van der Waals surface area contributed by atoms with Crippen molar-refractivity contribution in [2.75, 3.05) is 14.2 Å². The Hall–Kier alpha value is -3.80. The summed E-state index contributed by atoms with van der Waals surface area (Å²) >= 11 is 0. The van der Waals surface area contributed by atoms with Gasteiger partial charge in [0.1, 0.15) is 6.04 Å². The minimum Gasteiger partial charge on any atom is -0.493 e. The van der Waals surface area contributed by atoms with E-state index in [4.69, 9.17) is 9.47 Å². The van der Waals surface area contributed by atoms with Gasteiger partial charge in [-0.1, -0.05) is 73.7 Å². The minimum absolute atomic E-state index is 0.0196. The molecule has 3 aromatic carbocycles. The van der Waals surface area contributed by atoms with Crippen molar-refractivity contribution in [1.82, 2.24) is 10.2 Å². The van der Waals surface area contributed by atoms with Gasteiger partial charge in [0.15, 0.2) is 11.5 Å². The molecule has 6 nitrogen and oxygen atoms in total. The summed E-state index contributed by atoms with van der Waals surface area (Å²) in [6, 6.07) is 24.8. The van der Waals surface area contributed by atoms with Gasteiger partial charge >= 0.3 is 0 Å². The summed E-state index contributed by atoms with van der Waals surface area (Å²) in [7, 11) is 3.19. The van der Waals surface area contributed by atoms with Crippen LogP contribution in [0, 0.1) is 0 Å². The molecule has 37 heavy (non-hydrogen) atoms. The van der Waals surface area contributed by atoms with E-state index in [1.54, 1.807) is 19.1 Å². The topological polar surface area (TPSA) is 67.9 Å². The first kappa shape index (κ1) is 27.8. The Bertz CT molecular complexity index is 1130. The van der Waals surface area contributed by atoms with E-state index in [2.05, 4.69) is 5.32 Å². The van der Waals surface area contributed by atoms with Gasteiger partial charge in [0.25, 0.3) is 0 Å². The molecule has 0 bridgehead atoms. The molecule has 0 radical (unpaired) electrons. The molecule has 0 saturated heterocycles. The maximum atomic E-state index is 13.8. The SMILES string of the molecule is CCC(C)NC(=O)C(Cc1ccccc1)N(Cc1ccccc1)C(=O)CCc1ccc(OC)c(OC)c1. The number of hydrogen-bond donors (Lipinski definition) is 1. The molecule has 0 aliphatic rings. The van der Waals surface area contributed by atoms with Gasteiger partial charge in [-0.2, -0.15) is 0 Å². The fraction of sp³-hybridized carbons (Fsp3) is 0.355. The van der Waals surface area contributed by atoms with Crippen LogP contribution in [0.4, 0.5) is 0 Å². The number of amides is 2. The van der Waals surface area contributed by atoms with E-state index in [1.165, 1.54) is 0 Å². The van der Waals surface area contributed by atoms with Gasteiger partial charge in [0.05, 0.1) is 14.2 Å². The van der Waals surface area contributed by atoms with Crippen LogP contribution in [0.3, 0.4) is 0 Å². The number of methoxy groups -OCH3 is 2. The van der Waals surface area contributed by atoms with Crippen LogP contribution in [0.15, 0.2) is 78.9 Å². The highest BCUT2D eigenvalue weighted by Crippen LogP contribution is 2.28. The van der Waals surface area contributed by atoms with Gasteiger partial charge in [0.2, 0.25) is 11.8 Å². The van der Waals surface area contributed by atoms with Gasteiger partial charge < -0.3 is 19.7 Å². The molecule has 0 aromatic heterocycles. The van der Waals surface area contributed by atoms with Gasteiger partial charge in [-0.05, 0) is 48.6 Å². The van der Waals surface area contributed by atoms with E-state index in [0.29, 0.717) is 30.9 Å². The normalized spacial score (nSPS) is 12.3. The standard InChI is InChI=1S/C31H38N2O4/c1-5-23(2)32-31(35)27(20-24-12-8-6-9-13-24)33(22-26-14-10-7-11-15-26)30(34)19-17-25-16-18-28(36-3)29(21-25)37-4/h6-16,18,21,23,27H,5,17,19-20,22H2,1-4H3,(H,32,35). The van der Waals surface area contributed by atoms with E-state index >= 15 is 0 Å². The van der Waals surface area contributed by atoms with Crippen molar-refractivity contribution in [3.05, 3.63) is 95.6 Å². The second kappa shape index (κ2) is 14.1. The molecule has 0 aliphatic carbocycles. The zero-order chi connectivity index (χ0) is 26.6. The molecule has 0 spiro atoms. The number of carbonyl (C=O) groups excluding carboxylic acids is 2. The Morgan fingerprint density at radius 2 is 1.46 bits per heavy atom. The van der Waals surface area contributed by atoms with Crippen LogP contribution in [-0.2, 0) is 29.0 Å². The van der Waals surface area contributed by atoms with E-state index in [1.807, 2.05) is 92.7 Å². The number of hydrogen-bond acceptors (Lipinski definition) is 4. The second-order valence-electron chi connectivity index (χ2n) is 9.22. The summed E-state index contributed by atoms with van der Waals surface area (Å²) < 4.78 is 10.8. The molecule has 0 saturated carbocycles. The van der Waals surface area contributed by atoms with Crippen LogP contribution in [0.25, 0.3) is 0 Å². The van der Waals surface area contributed by atoms with Crippen LogP contribution in [0.5, 0.6) is 11.5 Å². The molecule has 6 heteroatoms. The van der Waals surface area contributed by atoms with Crippen LogP contribution < -0.4 is 14.8 Å². The number of aryl methyl sites for hydroxylation is 1. The average molecular weight is 503 g/mol. The van der Waals surface area contributed by atoms with Gasteiger partial charge in [0, 0.05) is 25.4 Å². The monoisotopic (exact) mass is 502 g/mol. The molecule has 0 fully saturated rings.